The van der Waals surface area contributed by atoms with Gasteiger partial charge in [-0.2, -0.15) is 5.48 Å². The fourth-order valence-corrected chi connectivity index (χ4v) is 3.96. The monoisotopic (exact) mass is 449 g/mol. The Kier molecular flexibility index (Phi) is 6.35. The Morgan fingerprint density at radius 2 is 1.88 bits per heavy atom. The molecule has 0 radical (unpaired) electrons. The number of aliphatic hydroxyl groups is 1. The number of rotatable bonds is 7. The molecule has 0 spiro atoms. The van der Waals surface area contributed by atoms with Crippen LogP contribution in [0.25, 0.3) is 22.2 Å². The molecule has 1 heterocycles. The third-order valence-electron chi connectivity index (χ3n) is 5.67. The van der Waals surface area contributed by atoms with Crippen molar-refractivity contribution >= 4 is 17.0 Å². The van der Waals surface area contributed by atoms with E-state index in [1.165, 1.54) is 18.2 Å². The number of aromatic amines is 1. The van der Waals surface area contributed by atoms with Crippen LogP contribution in [0.1, 0.15) is 24.3 Å². The van der Waals surface area contributed by atoms with Crippen molar-refractivity contribution < 1.29 is 33.0 Å². The summed E-state index contributed by atoms with van der Waals surface area (Å²) in [5, 5.41) is 20.6. The Morgan fingerprint density at radius 3 is 2.53 bits per heavy atom. The van der Waals surface area contributed by atoms with Crippen molar-refractivity contribution in [1.29, 1.82) is 0 Å². The molecule has 3 aromatic rings. The van der Waals surface area contributed by atoms with Crippen LogP contribution in [0.5, 0.6) is 0 Å². The van der Waals surface area contributed by atoms with Gasteiger partial charge in [0.25, 0.3) is 0 Å². The van der Waals surface area contributed by atoms with Crippen molar-refractivity contribution in [1.82, 2.24) is 15.8 Å². The standard InChI is InChI=1S/C22H22F3N3O4/c23-13-3-1-11(2-4-13)20-19(17-7-14(24)8-18(25)21(17)27-20)12-5-16(6-12)32-22(30)26-9-15(10-29)28-31/h1-4,7-8,12,15-16,27-29,31H,5-6,9-10H2,(H,26,30). The van der Waals surface area contributed by atoms with E-state index in [0.717, 1.165) is 6.07 Å². The highest BCUT2D eigenvalue weighted by atomic mass is 19.1. The highest BCUT2D eigenvalue weighted by molar-refractivity contribution is 5.92. The van der Waals surface area contributed by atoms with Gasteiger partial charge in [0, 0.05) is 18.0 Å². The second-order valence-electron chi connectivity index (χ2n) is 7.82. The smallest absolute Gasteiger partial charge is 0.407 e. The lowest BCUT2D eigenvalue weighted by Gasteiger charge is -2.35. The normalized spacial score (nSPS) is 18.9. The Balaban J connectivity index is 1.54. The minimum absolute atomic E-state index is 0.0301. The van der Waals surface area contributed by atoms with Crippen molar-refractivity contribution in [2.24, 2.45) is 0 Å². The summed E-state index contributed by atoms with van der Waals surface area (Å²) in [6.45, 7) is -0.403. The maximum absolute atomic E-state index is 14.4. The molecule has 2 aromatic carbocycles. The summed E-state index contributed by atoms with van der Waals surface area (Å²) in [5.41, 5.74) is 3.91. The number of aromatic nitrogens is 1. The van der Waals surface area contributed by atoms with Gasteiger partial charge in [0.1, 0.15) is 23.6 Å². The lowest BCUT2D eigenvalue weighted by molar-refractivity contribution is 0.0368. The number of ether oxygens (including phenoxy) is 1. The van der Waals surface area contributed by atoms with Crippen LogP contribution in [-0.4, -0.2) is 46.7 Å². The summed E-state index contributed by atoms with van der Waals surface area (Å²) in [6.07, 6.45) is -0.223. The number of H-pyrrole nitrogens is 1. The van der Waals surface area contributed by atoms with Crippen LogP contribution in [0, 0.1) is 17.5 Å². The topological polar surface area (TPSA) is 107 Å². The summed E-state index contributed by atoms with van der Waals surface area (Å²) in [6, 6.07) is 7.05. The van der Waals surface area contributed by atoms with E-state index >= 15 is 0 Å². The number of benzene rings is 2. The molecule has 1 aliphatic rings. The number of carbonyl (C=O) groups excluding carboxylic acids is 1. The number of halogens is 3. The minimum Gasteiger partial charge on any atom is -0.446 e. The highest BCUT2D eigenvalue weighted by Crippen LogP contribution is 2.46. The van der Waals surface area contributed by atoms with Gasteiger partial charge in [-0.25, -0.2) is 18.0 Å². The first-order valence-corrected chi connectivity index (χ1v) is 10.1. The number of amides is 1. The van der Waals surface area contributed by atoms with E-state index in [1.54, 1.807) is 12.1 Å². The van der Waals surface area contributed by atoms with Crippen LogP contribution in [0.2, 0.25) is 0 Å². The number of hydrogen-bond donors (Lipinski definition) is 5. The fourth-order valence-electron chi connectivity index (χ4n) is 3.96. The maximum Gasteiger partial charge on any atom is 0.407 e. The average Bonchev–Trinajstić information content (AvgIpc) is 3.11. The predicted molar refractivity (Wildman–Crippen MR) is 110 cm³/mol. The van der Waals surface area contributed by atoms with Gasteiger partial charge in [-0.3, -0.25) is 0 Å². The van der Waals surface area contributed by atoms with Gasteiger partial charge >= 0.3 is 6.09 Å². The second kappa shape index (κ2) is 9.19. The Labute approximate surface area is 181 Å². The number of alkyl carbamates (subject to hydrolysis) is 1. The van der Waals surface area contributed by atoms with Crippen LogP contribution >= 0.6 is 0 Å². The number of carbonyl (C=O) groups is 1. The minimum atomic E-state index is -0.725. The summed E-state index contributed by atoms with van der Waals surface area (Å²) in [4.78, 5) is 14.9. The van der Waals surface area contributed by atoms with Crippen LogP contribution in [0.4, 0.5) is 18.0 Å². The Morgan fingerprint density at radius 1 is 1.16 bits per heavy atom. The van der Waals surface area contributed by atoms with E-state index in [2.05, 4.69) is 10.3 Å². The molecule has 32 heavy (non-hydrogen) atoms. The van der Waals surface area contributed by atoms with Crippen LogP contribution < -0.4 is 10.8 Å². The quantitative estimate of drug-likeness (QED) is 0.355. The Hall–Kier alpha value is -3.08. The van der Waals surface area contributed by atoms with Gasteiger partial charge < -0.3 is 25.4 Å². The number of fused-ring (bicyclic) bond motifs is 1. The first-order chi connectivity index (χ1) is 15.4. The van der Waals surface area contributed by atoms with Gasteiger partial charge in [0.15, 0.2) is 0 Å². The van der Waals surface area contributed by atoms with Crippen LogP contribution in [-0.2, 0) is 4.74 Å². The molecule has 4 rings (SSSR count). The zero-order valence-corrected chi connectivity index (χ0v) is 16.9. The SMILES string of the molecule is O=C(NCC(CO)NO)OC1CC(c2c(-c3ccc(F)cc3)[nH]c3c(F)cc(F)cc23)C1. The average molecular weight is 449 g/mol. The second-order valence-corrected chi connectivity index (χ2v) is 7.82. The van der Waals surface area contributed by atoms with Gasteiger partial charge in [-0.1, -0.05) is 0 Å². The van der Waals surface area contributed by atoms with E-state index in [9.17, 15) is 18.0 Å². The van der Waals surface area contributed by atoms with Gasteiger partial charge in [-0.05, 0) is 60.2 Å². The van der Waals surface area contributed by atoms with Gasteiger partial charge in [0.05, 0.1) is 23.9 Å². The van der Waals surface area contributed by atoms with E-state index in [4.69, 9.17) is 15.1 Å². The first-order valence-electron chi connectivity index (χ1n) is 10.1. The molecule has 1 amide bonds. The van der Waals surface area contributed by atoms with Crippen LogP contribution in [0.3, 0.4) is 0 Å². The molecular weight excluding hydrogens is 427 g/mol. The zero-order chi connectivity index (χ0) is 22.8. The van der Waals surface area contributed by atoms with Crippen molar-refractivity contribution in [3.05, 3.63) is 59.4 Å². The van der Waals surface area contributed by atoms with Crippen molar-refractivity contribution in [3.8, 4) is 11.3 Å². The van der Waals surface area contributed by atoms with Crippen molar-refractivity contribution in [2.45, 2.75) is 30.9 Å². The third-order valence-corrected chi connectivity index (χ3v) is 5.67. The molecule has 1 aromatic heterocycles. The molecule has 0 bridgehead atoms. The number of hydroxylamine groups is 1. The molecule has 1 saturated carbocycles. The Bertz CT molecular complexity index is 1110. The van der Waals surface area contributed by atoms with Crippen molar-refractivity contribution in [2.75, 3.05) is 13.2 Å². The molecule has 170 valence electrons. The summed E-state index contributed by atoms with van der Waals surface area (Å²) < 4.78 is 47.1. The number of nitrogens with one attached hydrogen (secondary N) is 3. The fraction of sp³-hybridized carbons (Fsp3) is 0.318. The predicted octanol–water partition coefficient (Wildman–Crippen LogP) is 3.56. The molecule has 1 fully saturated rings. The molecule has 10 heteroatoms. The first kappa shape index (κ1) is 22.1. The molecule has 1 aliphatic carbocycles. The molecule has 0 aliphatic heterocycles. The van der Waals surface area contributed by atoms with Gasteiger partial charge in [-0.15, -0.1) is 0 Å². The van der Waals surface area contributed by atoms with Crippen LogP contribution in [0.15, 0.2) is 36.4 Å². The molecular formula is C22H22F3N3O4. The highest BCUT2D eigenvalue weighted by Gasteiger charge is 2.37. The molecule has 7 nitrogen and oxygen atoms in total. The zero-order valence-electron chi connectivity index (χ0n) is 16.9. The molecule has 1 unspecified atom stereocenters. The van der Waals surface area contributed by atoms with Gasteiger partial charge in [0.2, 0.25) is 0 Å². The van der Waals surface area contributed by atoms with E-state index in [0.29, 0.717) is 35.0 Å². The summed E-state index contributed by atoms with van der Waals surface area (Å²) in [7, 11) is 0. The van der Waals surface area contributed by atoms with E-state index in [-0.39, 0.29) is 24.6 Å². The molecule has 5 N–H and O–H groups in total. The molecule has 1 atom stereocenters. The number of hydrogen-bond acceptors (Lipinski definition) is 5. The van der Waals surface area contributed by atoms with E-state index in [1.807, 2.05) is 5.48 Å². The van der Waals surface area contributed by atoms with Crippen molar-refractivity contribution in [3.63, 3.8) is 0 Å². The summed E-state index contributed by atoms with van der Waals surface area (Å²) >= 11 is 0. The van der Waals surface area contributed by atoms with E-state index < -0.39 is 35.7 Å². The third kappa shape index (κ3) is 4.43. The summed E-state index contributed by atoms with van der Waals surface area (Å²) in [5.74, 6) is -1.97. The maximum atomic E-state index is 14.4. The lowest BCUT2D eigenvalue weighted by atomic mass is 9.75. The number of aliphatic hydroxyl groups excluding tert-OH is 1. The molecule has 0 saturated heterocycles. The lowest BCUT2D eigenvalue weighted by Crippen LogP contribution is -2.43. The largest absolute Gasteiger partial charge is 0.446 e.